The summed E-state index contributed by atoms with van der Waals surface area (Å²) in [7, 11) is -1.09. The van der Waals surface area contributed by atoms with Gasteiger partial charge in [0.25, 0.3) is 0 Å². The first-order valence-electron chi connectivity index (χ1n) is 5.54. The molecule has 0 bridgehead atoms. The third kappa shape index (κ3) is 4.59. The van der Waals surface area contributed by atoms with E-state index >= 15 is 0 Å². The second-order valence-corrected chi connectivity index (χ2v) is 5.59. The van der Waals surface area contributed by atoms with Gasteiger partial charge in [0.05, 0.1) is 13.2 Å². The molecular formula is C10H20N2O3S. The second kappa shape index (κ2) is 6.98. The summed E-state index contributed by atoms with van der Waals surface area (Å²) in [4.78, 5) is 13.4. The van der Waals surface area contributed by atoms with Crippen LogP contribution in [0, 0.1) is 5.92 Å². The molecule has 6 heteroatoms. The predicted molar refractivity (Wildman–Crippen MR) is 63.5 cm³/mol. The predicted octanol–water partition coefficient (Wildman–Crippen LogP) is -0.811. The van der Waals surface area contributed by atoms with Gasteiger partial charge in [-0.15, -0.1) is 0 Å². The summed E-state index contributed by atoms with van der Waals surface area (Å²) in [5.74, 6) is 0.792. The average Bonchev–Trinajstić information content (AvgIpc) is 2.29. The van der Waals surface area contributed by atoms with Crippen LogP contribution in [0.1, 0.15) is 6.92 Å². The van der Waals surface area contributed by atoms with Crippen LogP contribution in [0.25, 0.3) is 0 Å². The Labute approximate surface area is 98.8 Å². The zero-order valence-corrected chi connectivity index (χ0v) is 10.5. The second-order valence-electron chi connectivity index (χ2n) is 4.08. The van der Waals surface area contributed by atoms with Gasteiger partial charge in [0.15, 0.2) is 0 Å². The summed E-state index contributed by atoms with van der Waals surface area (Å²) >= 11 is 0. The molecule has 0 aromatic carbocycles. The van der Waals surface area contributed by atoms with E-state index in [-0.39, 0.29) is 17.6 Å². The standard InChI is InChI=1S/C10H20N2O3S/c1-9(6-11)7-16(14)8-10(13)12-2-4-15-5-3-12/h9H,2-8,11H2,1H3. The molecule has 1 aliphatic rings. The van der Waals surface area contributed by atoms with Crippen LogP contribution in [0.5, 0.6) is 0 Å². The average molecular weight is 248 g/mol. The van der Waals surface area contributed by atoms with E-state index in [4.69, 9.17) is 10.5 Å². The monoisotopic (exact) mass is 248 g/mol. The van der Waals surface area contributed by atoms with Crippen molar-refractivity contribution < 1.29 is 13.7 Å². The maximum Gasteiger partial charge on any atom is 0.235 e. The molecule has 0 aromatic rings. The maximum absolute atomic E-state index is 11.7. The Bertz CT molecular complexity index is 254. The minimum Gasteiger partial charge on any atom is -0.378 e. The molecule has 94 valence electrons. The summed E-state index contributed by atoms with van der Waals surface area (Å²) in [6.45, 7) is 4.84. The Hall–Kier alpha value is -0.460. The fourth-order valence-corrected chi connectivity index (χ4v) is 2.83. The first kappa shape index (κ1) is 13.6. The van der Waals surface area contributed by atoms with Crippen LogP contribution in [0.2, 0.25) is 0 Å². The van der Waals surface area contributed by atoms with Gasteiger partial charge in [-0.2, -0.15) is 0 Å². The number of hydrogen-bond acceptors (Lipinski definition) is 4. The van der Waals surface area contributed by atoms with Gasteiger partial charge >= 0.3 is 0 Å². The normalized spacial score (nSPS) is 20.5. The highest BCUT2D eigenvalue weighted by Gasteiger charge is 2.19. The third-order valence-electron chi connectivity index (χ3n) is 2.52. The van der Waals surface area contributed by atoms with E-state index in [2.05, 4.69) is 0 Å². The van der Waals surface area contributed by atoms with E-state index in [1.165, 1.54) is 0 Å². The highest BCUT2D eigenvalue weighted by molar-refractivity contribution is 7.85. The lowest BCUT2D eigenvalue weighted by atomic mass is 10.2. The van der Waals surface area contributed by atoms with Gasteiger partial charge in [-0.3, -0.25) is 9.00 Å². The molecule has 1 heterocycles. The smallest absolute Gasteiger partial charge is 0.235 e. The minimum absolute atomic E-state index is 0.0362. The third-order valence-corrected chi connectivity index (χ3v) is 4.03. The number of nitrogens with two attached hydrogens (primary N) is 1. The Morgan fingerprint density at radius 3 is 2.69 bits per heavy atom. The van der Waals surface area contributed by atoms with E-state index in [1.807, 2.05) is 6.92 Å². The summed E-state index contributed by atoms with van der Waals surface area (Å²) in [6, 6.07) is 0. The molecule has 2 unspecified atom stereocenters. The molecule has 0 saturated carbocycles. The van der Waals surface area contributed by atoms with E-state index in [1.54, 1.807) is 4.90 Å². The van der Waals surface area contributed by atoms with Gasteiger partial charge < -0.3 is 15.4 Å². The van der Waals surface area contributed by atoms with Gasteiger partial charge in [-0.05, 0) is 12.5 Å². The molecule has 1 saturated heterocycles. The van der Waals surface area contributed by atoms with Crippen molar-refractivity contribution in [1.29, 1.82) is 0 Å². The number of amides is 1. The van der Waals surface area contributed by atoms with Crippen LogP contribution in [0.3, 0.4) is 0 Å². The van der Waals surface area contributed by atoms with Crippen LogP contribution in [0.4, 0.5) is 0 Å². The van der Waals surface area contributed by atoms with Gasteiger partial charge in [-0.1, -0.05) is 6.92 Å². The molecule has 16 heavy (non-hydrogen) atoms. The lowest BCUT2D eigenvalue weighted by Gasteiger charge is -2.26. The molecule has 0 radical (unpaired) electrons. The zero-order chi connectivity index (χ0) is 12.0. The van der Waals surface area contributed by atoms with Crippen molar-refractivity contribution in [3.63, 3.8) is 0 Å². The largest absolute Gasteiger partial charge is 0.378 e. The van der Waals surface area contributed by atoms with Crippen LogP contribution < -0.4 is 5.73 Å². The number of nitrogens with zero attached hydrogens (tertiary/aromatic N) is 1. The molecule has 1 amide bonds. The number of hydrogen-bond donors (Lipinski definition) is 1. The van der Waals surface area contributed by atoms with Crippen LogP contribution in [-0.2, 0) is 20.3 Å². The van der Waals surface area contributed by atoms with E-state index in [9.17, 15) is 9.00 Å². The molecule has 5 nitrogen and oxygen atoms in total. The topological polar surface area (TPSA) is 72.6 Å². The van der Waals surface area contributed by atoms with Crippen molar-refractivity contribution in [2.45, 2.75) is 6.92 Å². The molecule has 1 fully saturated rings. The van der Waals surface area contributed by atoms with Crippen molar-refractivity contribution in [1.82, 2.24) is 4.90 Å². The maximum atomic E-state index is 11.7. The van der Waals surface area contributed by atoms with Gasteiger partial charge in [0.2, 0.25) is 5.91 Å². The number of rotatable bonds is 5. The Morgan fingerprint density at radius 1 is 1.50 bits per heavy atom. The van der Waals surface area contributed by atoms with E-state index in [0.29, 0.717) is 38.6 Å². The molecule has 0 aromatic heterocycles. The number of carbonyl (C=O) groups excluding carboxylic acids is 1. The van der Waals surface area contributed by atoms with Gasteiger partial charge in [0, 0.05) is 29.6 Å². The summed E-state index contributed by atoms with van der Waals surface area (Å²) in [5, 5.41) is 0. The van der Waals surface area contributed by atoms with Gasteiger partial charge in [-0.25, -0.2) is 0 Å². The quantitative estimate of drug-likeness (QED) is 0.690. The highest BCUT2D eigenvalue weighted by Crippen LogP contribution is 2.01. The summed E-state index contributed by atoms with van der Waals surface area (Å²) < 4.78 is 16.8. The Kier molecular flexibility index (Phi) is 5.94. The molecule has 0 spiro atoms. The Morgan fingerprint density at radius 2 is 2.12 bits per heavy atom. The van der Waals surface area contributed by atoms with Crippen LogP contribution in [-0.4, -0.2) is 59.4 Å². The van der Waals surface area contributed by atoms with Gasteiger partial charge in [0.1, 0.15) is 5.75 Å². The van der Waals surface area contributed by atoms with E-state index in [0.717, 1.165) is 0 Å². The lowest BCUT2D eigenvalue weighted by Crippen LogP contribution is -2.43. The summed E-state index contributed by atoms with van der Waals surface area (Å²) in [6.07, 6.45) is 0. The molecule has 2 N–H and O–H groups in total. The molecular weight excluding hydrogens is 228 g/mol. The van der Waals surface area contributed by atoms with Crippen LogP contribution in [0.15, 0.2) is 0 Å². The number of morpholine rings is 1. The fraction of sp³-hybridized carbons (Fsp3) is 0.900. The van der Waals surface area contributed by atoms with Crippen molar-refractivity contribution in [2.24, 2.45) is 11.7 Å². The van der Waals surface area contributed by atoms with E-state index < -0.39 is 10.8 Å². The number of carbonyl (C=O) groups is 1. The minimum atomic E-state index is -1.09. The van der Waals surface area contributed by atoms with Crippen molar-refractivity contribution in [3.8, 4) is 0 Å². The molecule has 0 aliphatic carbocycles. The van der Waals surface area contributed by atoms with Crippen molar-refractivity contribution >= 4 is 16.7 Å². The van der Waals surface area contributed by atoms with Crippen molar-refractivity contribution in [2.75, 3.05) is 44.4 Å². The molecule has 1 aliphatic heterocycles. The first-order valence-corrected chi connectivity index (χ1v) is 7.03. The SMILES string of the molecule is CC(CN)CS(=O)CC(=O)N1CCOCC1. The Balaban J connectivity index is 2.29. The highest BCUT2D eigenvalue weighted by atomic mass is 32.2. The summed E-state index contributed by atoms with van der Waals surface area (Å²) in [5.41, 5.74) is 5.45. The zero-order valence-electron chi connectivity index (χ0n) is 9.68. The van der Waals surface area contributed by atoms with Crippen LogP contribution >= 0.6 is 0 Å². The lowest BCUT2D eigenvalue weighted by molar-refractivity contribution is -0.132. The van der Waals surface area contributed by atoms with Crippen molar-refractivity contribution in [3.05, 3.63) is 0 Å². The molecule has 1 rings (SSSR count). The fourth-order valence-electron chi connectivity index (χ4n) is 1.49. The number of ether oxygens (including phenoxy) is 1. The molecule has 2 atom stereocenters. The first-order chi connectivity index (χ1) is 7.63.